The number of halogens is 2. The van der Waals surface area contributed by atoms with E-state index in [-0.39, 0.29) is 11.8 Å². The molecule has 120 valence electrons. The van der Waals surface area contributed by atoms with E-state index >= 15 is 0 Å². The van der Waals surface area contributed by atoms with Crippen molar-refractivity contribution in [3.05, 3.63) is 27.7 Å². The first-order valence-electron chi connectivity index (χ1n) is 8.10. The first-order chi connectivity index (χ1) is 10.6. The zero-order chi connectivity index (χ0) is 15.7. The fourth-order valence-corrected chi connectivity index (χ4v) is 4.28. The van der Waals surface area contributed by atoms with Gasteiger partial charge in [-0.25, -0.2) is 0 Å². The second-order valence-electron chi connectivity index (χ2n) is 6.44. The van der Waals surface area contributed by atoms with Gasteiger partial charge in [-0.15, -0.1) is 0 Å². The van der Waals surface area contributed by atoms with E-state index in [1.54, 1.807) is 12.1 Å². The minimum atomic E-state index is -0.0151. The summed E-state index contributed by atoms with van der Waals surface area (Å²) >= 11 is 12.5. The van der Waals surface area contributed by atoms with Crippen LogP contribution in [0.15, 0.2) is 12.1 Å². The molecule has 1 amide bonds. The number of nitrogens with zero attached hydrogens (tertiary/aromatic N) is 1. The van der Waals surface area contributed by atoms with Gasteiger partial charge in [-0.05, 0) is 43.4 Å². The molecule has 1 unspecified atom stereocenters. The number of carbonyl (C=O) groups excluding carboxylic acids is 1. The van der Waals surface area contributed by atoms with Crippen molar-refractivity contribution in [2.75, 3.05) is 12.3 Å². The molecule has 5 heteroatoms. The normalized spacial score (nSPS) is 23.3. The highest BCUT2D eigenvalue weighted by molar-refractivity contribution is 6.37. The summed E-state index contributed by atoms with van der Waals surface area (Å²) in [5.74, 6) is 0.250. The maximum absolute atomic E-state index is 12.7. The van der Waals surface area contributed by atoms with Crippen LogP contribution in [0.1, 0.15) is 44.1 Å². The maximum atomic E-state index is 12.7. The molecule has 2 N–H and O–H groups in total. The van der Waals surface area contributed by atoms with E-state index in [1.807, 2.05) is 0 Å². The maximum Gasteiger partial charge on any atom is 0.226 e. The van der Waals surface area contributed by atoms with Crippen LogP contribution in [0.25, 0.3) is 0 Å². The molecule has 1 heterocycles. The van der Waals surface area contributed by atoms with E-state index in [0.29, 0.717) is 28.2 Å². The fraction of sp³-hybridized carbons (Fsp3) is 0.588. The number of hydrogen-bond acceptors (Lipinski definition) is 2. The predicted octanol–water partition coefficient (Wildman–Crippen LogP) is 4.30. The molecule has 3 nitrogen and oxygen atoms in total. The van der Waals surface area contributed by atoms with Gasteiger partial charge in [0.2, 0.25) is 5.91 Å². The average molecular weight is 341 g/mol. The lowest BCUT2D eigenvalue weighted by molar-refractivity contribution is -0.133. The third kappa shape index (κ3) is 3.07. The highest BCUT2D eigenvalue weighted by Gasteiger charge is 2.36. The number of nitrogens with two attached hydrogens (primary N) is 1. The summed E-state index contributed by atoms with van der Waals surface area (Å²) in [6, 6.07) is 3.91. The third-order valence-electron chi connectivity index (χ3n) is 5.03. The van der Waals surface area contributed by atoms with Gasteiger partial charge in [-0.1, -0.05) is 42.5 Å². The number of amides is 1. The molecular weight excluding hydrogens is 319 g/mol. The van der Waals surface area contributed by atoms with Crippen molar-refractivity contribution >= 4 is 34.8 Å². The monoisotopic (exact) mass is 340 g/mol. The molecule has 1 aromatic rings. The van der Waals surface area contributed by atoms with Crippen LogP contribution >= 0.6 is 23.2 Å². The van der Waals surface area contributed by atoms with Crippen LogP contribution in [0.5, 0.6) is 0 Å². The van der Waals surface area contributed by atoms with Gasteiger partial charge >= 0.3 is 0 Å². The molecule has 1 aliphatic carbocycles. The molecule has 3 rings (SSSR count). The number of nitrogen functional groups attached to an aromatic ring is 1. The quantitative estimate of drug-likeness (QED) is 0.833. The van der Waals surface area contributed by atoms with E-state index in [2.05, 4.69) is 4.90 Å². The lowest BCUT2D eigenvalue weighted by atomic mass is 9.94. The molecule has 0 radical (unpaired) electrons. The molecule has 1 aliphatic heterocycles. The number of hydrogen-bond donors (Lipinski definition) is 1. The molecule has 1 saturated heterocycles. The SMILES string of the molecule is Nc1ccc(Cl)c(CC2CCN(C3CCCCC3)C2=O)c1Cl. The predicted molar refractivity (Wildman–Crippen MR) is 91.3 cm³/mol. The van der Waals surface area contributed by atoms with E-state index < -0.39 is 0 Å². The number of rotatable bonds is 3. The van der Waals surface area contributed by atoms with Crippen LogP contribution < -0.4 is 5.73 Å². The van der Waals surface area contributed by atoms with Gasteiger partial charge < -0.3 is 10.6 Å². The molecule has 1 aromatic carbocycles. The Hall–Kier alpha value is -0.930. The summed E-state index contributed by atoms with van der Waals surface area (Å²) in [6.45, 7) is 0.867. The molecule has 22 heavy (non-hydrogen) atoms. The van der Waals surface area contributed by atoms with Crippen molar-refractivity contribution < 1.29 is 4.79 Å². The van der Waals surface area contributed by atoms with Gasteiger partial charge in [-0.2, -0.15) is 0 Å². The Balaban J connectivity index is 1.72. The van der Waals surface area contributed by atoms with E-state index in [1.165, 1.54) is 19.3 Å². The Bertz CT molecular complexity index is 570. The topological polar surface area (TPSA) is 46.3 Å². The van der Waals surface area contributed by atoms with Crippen LogP contribution in [0, 0.1) is 5.92 Å². The van der Waals surface area contributed by atoms with Crippen molar-refractivity contribution in [1.82, 2.24) is 4.90 Å². The van der Waals surface area contributed by atoms with Crippen LogP contribution in [0.4, 0.5) is 5.69 Å². The Morgan fingerprint density at radius 2 is 1.86 bits per heavy atom. The minimum Gasteiger partial charge on any atom is -0.398 e. The number of carbonyl (C=O) groups is 1. The first kappa shape index (κ1) is 15.9. The van der Waals surface area contributed by atoms with Crippen molar-refractivity contribution in [2.45, 2.75) is 51.0 Å². The van der Waals surface area contributed by atoms with Gasteiger partial charge in [0, 0.05) is 23.5 Å². The van der Waals surface area contributed by atoms with Crippen molar-refractivity contribution in [3.63, 3.8) is 0 Å². The Kier molecular flexibility index (Phi) is 4.84. The second kappa shape index (κ2) is 6.67. The smallest absolute Gasteiger partial charge is 0.226 e. The summed E-state index contributed by atoms with van der Waals surface area (Å²) in [5.41, 5.74) is 7.19. The summed E-state index contributed by atoms with van der Waals surface area (Å²) in [4.78, 5) is 14.8. The molecule has 2 aliphatic rings. The highest BCUT2D eigenvalue weighted by Crippen LogP contribution is 2.35. The highest BCUT2D eigenvalue weighted by atomic mass is 35.5. The number of benzene rings is 1. The molecule has 1 saturated carbocycles. The summed E-state index contributed by atoms with van der Waals surface area (Å²) < 4.78 is 0. The van der Waals surface area contributed by atoms with E-state index in [9.17, 15) is 4.79 Å². The first-order valence-corrected chi connectivity index (χ1v) is 8.86. The summed E-state index contributed by atoms with van der Waals surface area (Å²) in [6.07, 6.45) is 7.56. The zero-order valence-electron chi connectivity index (χ0n) is 12.7. The average Bonchev–Trinajstić information content (AvgIpc) is 2.89. The molecule has 1 atom stereocenters. The van der Waals surface area contributed by atoms with Crippen LogP contribution in [0.2, 0.25) is 10.0 Å². The summed E-state index contributed by atoms with van der Waals surface area (Å²) in [5, 5.41) is 1.10. The van der Waals surface area contributed by atoms with Crippen LogP contribution in [-0.4, -0.2) is 23.4 Å². The second-order valence-corrected chi connectivity index (χ2v) is 7.23. The van der Waals surface area contributed by atoms with Crippen molar-refractivity contribution in [3.8, 4) is 0 Å². The Morgan fingerprint density at radius 1 is 1.14 bits per heavy atom. The zero-order valence-corrected chi connectivity index (χ0v) is 14.2. The molecular formula is C17H22Cl2N2O. The van der Waals surface area contributed by atoms with Gasteiger partial charge in [-0.3, -0.25) is 4.79 Å². The van der Waals surface area contributed by atoms with E-state index in [4.69, 9.17) is 28.9 Å². The summed E-state index contributed by atoms with van der Waals surface area (Å²) in [7, 11) is 0. The van der Waals surface area contributed by atoms with E-state index in [0.717, 1.165) is 31.4 Å². The lowest BCUT2D eigenvalue weighted by Gasteiger charge is -2.31. The number of anilines is 1. The molecule has 2 fully saturated rings. The third-order valence-corrected chi connectivity index (χ3v) is 5.83. The van der Waals surface area contributed by atoms with Crippen LogP contribution in [0.3, 0.4) is 0 Å². The number of likely N-dealkylation sites (tertiary alicyclic amines) is 1. The van der Waals surface area contributed by atoms with Crippen molar-refractivity contribution in [2.24, 2.45) is 5.92 Å². The Morgan fingerprint density at radius 3 is 2.59 bits per heavy atom. The van der Waals surface area contributed by atoms with Gasteiger partial charge in [0.05, 0.1) is 10.7 Å². The molecule has 0 spiro atoms. The fourth-order valence-electron chi connectivity index (χ4n) is 3.76. The standard InChI is InChI=1S/C17H22Cl2N2O/c18-14-6-7-15(20)16(19)13(14)10-11-8-9-21(17(11)22)12-4-2-1-3-5-12/h6-7,11-12H,1-5,8-10,20H2. The molecule has 0 bridgehead atoms. The van der Waals surface area contributed by atoms with Crippen LogP contribution in [-0.2, 0) is 11.2 Å². The molecule has 0 aromatic heterocycles. The largest absolute Gasteiger partial charge is 0.398 e. The minimum absolute atomic E-state index is 0.0151. The van der Waals surface area contributed by atoms with Gasteiger partial charge in [0.25, 0.3) is 0 Å². The Labute approximate surface area is 141 Å². The van der Waals surface area contributed by atoms with Crippen molar-refractivity contribution in [1.29, 1.82) is 0 Å². The van der Waals surface area contributed by atoms with Gasteiger partial charge in [0.1, 0.15) is 0 Å². The van der Waals surface area contributed by atoms with Gasteiger partial charge in [0.15, 0.2) is 0 Å². The lowest BCUT2D eigenvalue weighted by Crippen LogP contribution is -2.39.